The molecule has 2 N–H and O–H groups in total. The smallest absolute Gasteiger partial charge is 0.336 e. The van der Waals surface area contributed by atoms with E-state index in [4.69, 9.17) is 26.5 Å². The fourth-order valence-electron chi connectivity index (χ4n) is 2.62. The van der Waals surface area contributed by atoms with Gasteiger partial charge in [-0.3, -0.25) is 4.79 Å². The zero-order valence-corrected chi connectivity index (χ0v) is 14.5. The average Bonchev–Trinajstić information content (AvgIpc) is 2.57. The SMILES string of the molecule is Cc1ccc2c(COc3ccc(Cl)cc3C(N)=O)cc(=O)oc2c1C. The Kier molecular flexibility index (Phi) is 4.51. The van der Waals surface area contributed by atoms with Crippen molar-refractivity contribution in [2.75, 3.05) is 0 Å². The first-order valence-corrected chi connectivity index (χ1v) is 7.99. The van der Waals surface area contributed by atoms with Crippen LogP contribution in [0.15, 0.2) is 45.6 Å². The molecule has 1 heterocycles. The first kappa shape index (κ1) is 17.0. The molecule has 0 saturated carbocycles. The Labute approximate surface area is 149 Å². The number of amides is 1. The van der Waals surface area contributed by atoms with Crippen LogP contribution >= 0.6 is 11.6 Å². The van der Waals surface area contributed by atoms with Crippen LogP contribution in [-0.2, 0) is 6.61 Å². The molecular weight excluding hydrogens is 342 g/mol. The largest absolute Gasteiger partial charge is 0.488 e. The Morgan fingerprint density at radius 3 is 2.68 bits per heavy atom. The van der Waals surface area contributed by atoms with E-state index in [1.807, 2.05) is 26.0 Å². The highest BCUT2D eigenvalue weighted by Gasteiger charge is 2.13. The molecule has 0 radical (unpaired) electrons. The van der Waals surface area contributed by atoms with Gasteiger partial charge in [0, 0.05) is 22.0 Å². The van der Waals surface area contributed by atoms with Crippen LogP contribution < -0.4 is 16.1 Å². The van der Waals surface area contributed by atoms with Gasteiger partial charge in [-0.2, -0.15) is 0 Å². The fourth-order valence-corrected chi connectivity index (χ4v) is 2.79. The van der Waals surface area contributed by atoms with E-state index in [-0.39, 0.29) is 12.2 Å². The van der Waals surface area contributed by atoms with E-state index in [1.54, 1.807) is 12.1 Å². The zero-order chi connectivity index (χ0) is 18.1. The number of rotatable bonds is 4. The van der Waals surface area contributed by atoms with Gasteiger partial charge in [-0.1, -0.05) is 23.7 Å². The quantitative estimate of drug-likeness (QED) is 0.721. The lowest BCUT2D eigenvalue weighted by Crippen LogP contribution is -2.13. The van der Waals surface area contributed by atoms with E-state index in [2.05, 4.69) is 0 Å². The van der Waals surface area contributed by atoms with E-state index in [9.17, 15) is 9.59 Å². The summed E-state index contributed by atoms with van der Waals surface area (Å²) >= 11 is 5.89. The minimum absolute atomic E-state index is 0.0898. The number of carbonyl (C=O) groups excluding carboxylic acids is 1. The Morgan fingerprint density at radius 2 is 1.96 bits per heavy atom. The van der Waals surface area contributed by atoms with Gasteiger partial charge in [-0.15, -0.1) is 0 Å². The van der Waals surface area contributed by atoms with Crippen molar-refractivity contribution in [3.05, 3.63) is 74.1 Å². The van der Waals surface area contributed by atoms with E-state index in [0.29, 0.717) is 21.9 Å². The predicted octanol–water partition coefficient (Wildman–Crippen LogP) is 3.74. The molecule has 0 bridgehead atoms. The minimum Gasteiger partial charge on any atom is -0.488 e. The molecule has 6 heteroatoms. The third-order valence-corrected chi connectivity index (χ3v) is 4.34. The number of fused-ring (bicyclic) bond motifs is 1. The lowest BCUT2D eigenvalue weighted by atomic mass is 10.0. The van der Waals surface area contributed by atoms with Gasteiger partial charge in [-0.25, -0.2) is 4.79 Å². The third kappa shape index (κ3) is 3.37. The Bertz CT molecular complexity index is 1040. The normalized spacial score (nSPS) is 10.8. The van der Waals surface area contributed by atoms with Crippen LogP contribution in [0.2, 0.25) is 5.02 Å². The lowest BCUT2D eigenvalue weighted by molar-refractivity contribution is 0.0996. The third-order valence-electron chi connectivity index (χ3n) is 4.11. The molecule has 0 aliphatic carbocycles. The maximum Gasteiger partial charge on any atom is 0.336 e. The van der Waals surface area contributed by atoms with Crippen LogP contribution in [0.3, 0.4) is 0 Å². The molecule has 0 unspecified atom stereocenters. The van der Waals surface area contributed by atoms with E-state index in [1.165, 1.54) is 12.1 Å². The number of nitrogens with two attached hydrogens (primary N) is 1. The van der Waals surface area contributed by atoms with Crippen molar-refractivity contribution >= 4 is 28.5 Å². The van der Waals surface area contributed by atoms with Crippen LogP contribution in [0.5, 0.6) is 5.75 Å². The molecule has 128 valence electrons. The molecule has 0 fully saturated rings. The molecule has 1 amide bonds. The van der Waals surface area contributed by atoms with Gasteiger partial charge in [-0.05, 0) is 43.2 Å². The second kappa shape index (κ2) is 6.61. The molecule has 0 saturated heterocycles. The van der Waals surface area contributed by atoms with Crippen molar-refractivity contribution < 1.29 is 13.9 Å². The van der Waals surface area contributed by atoms with Crippen molar-refractivity contribution in [3.8, 4) is 5.75 Å². The monoisotopic (exact) mass is 357 g/mol. The number of benzene rings is 2. The van der Waals surface area contributed by atoms with Gasteiger partial charge in [0.2, 0.25) is 0 Å². The molecule has 3 aromatic rings. The summed E-state index contributed by atoms with van der Waals surface area (Å²) in [6.45, 7) is 3.94. The topological polar surface area (TPSA) is 82.5 Å². The van der Waals surface area contributed by atoms with E-state index in [0.717, 1.165) is 16.5 Å². The highest BCUT2D eigenvalue weighted by atomic mass is 35.5. The zero-order valence-electron chi connectivity index (χ0n) is 13.8. The first-order valence-electron chi connectivity index (χ1n) is 7.62. The predicted molar refractivity (Wildman–Crippen MR) is 96.3 cm³/mol. The highest BCUT2D eigenvalue weighted by molar-refractivity contribution is 6.31. The molecule has 25 heavy (non-hydrogen) atoms. The van der Waals surface area contributed by atoms with Gasteiger partial charge in [0.1, 0.15) is 17.9 Å². The number of hydrogen-bond acceptors (Lipinski definition) is 4. The van der Waals surface area contributed by atoms with Crippen LogP contribution in [0, 0.1) is 13.8 Å². The Balaban J connectivity index is 2.01. The second-order valence-electron chi connectivity index (χ2n) is 5.77. The summed E-state index contributed by atoms with van der Waals surface area (Å²) in [5.41, 5.74) is 8.23. The van der Waals surface area contributed by atoms with Crippen LogP contribution in [-0.4, -0.2) is 5.91 Å². The lowest BCUT2D eigenvalue weighted by Gasteiger charge is -2.12. The van der Waals surface area contributed by atoms with Crippen molar-refractivity contribution in [2.45, 2.75) is 20.5 Å². The van der Waals surface area contributed by atoms with Crippen LogP contribution in [0.25, 0.3) is 11.0 Å². The number of carbonyl (C=O) groups is 1. The number of primary amides is 1. The van der Waals surface area contributed by atoms with Crippen molar-refractivity contribution in [1.29, 1.82) is 0 Å². The molecule has 0 aliphatic rings. The molecule has 3 rings (SSSR count). The summed E-state index contributed by atoms with van der Waals surface area (Å²) in [4.78, 5) is 23.4. The number of halogens is 1. The number of ether oxygens (including phenoxy) is 1. The molecule has 0 spiro atoms. The van der Waals surface area contributed by atoms with Crippen LogP contribution in [0.4, 0.5) is 0 Å². The number of aryl methyl sites for hydroxylation is 2. The fraction of sp³-hybridized carbons (Fsp3) is 0.158. The molecule has 0 aliphatic heterocycles. The first-order chi connectivity index (χ1) is 11.9. The van der Waals surface area contributed by atoms with Gasteiger partial charge >= 0.3 is 5.63 Å². The summed E-state index contributed by atoms with van der Waals surface area (Å²) < 4.78 is 11.1. The Morgan fingerprint density at radius 1 is 1.20 bits per heavy atom. The van der Waals surface area contributed by atoms with Gasteiger partial charge in [0.15, 0.2) is 0 Å². The average molecular weight is 358 g/mol. The summed E-state index contributed by atoms with van der Waals surface area (Å²) in [5.74, 6) is -0.330. The van der Waals surface area contributed by atoms with Gasteiger partial charge in [0.05, 0.1) is 5.56 Å². The van der Waals surface area contributed by atoms with Crippen molar-refractivity contribution in [1.82, 2.24) is 0 Å². The maximum atomic E-state index is 11.9. The van der Waals surface area contributed by atoms with Gasteiger partial charge < -0.3 is 14.9 Å². The van der Waals surface area contributed by atoms with Crippen LogP contribution in [0.1, 0.15) is 27.0 Å². The molecule has 5 nitrogen and oxygen atoms in total. The summed E-state index contributed by atoms with van der Waals surface area (Å²) in [7, 11) is 0. The summed E-state index contributed by atoms with van der Waals surface area (Å²) in [5, 5.41) is 1.18. The second-order valence-corrected chi connectivity index (χ2v) is 6.20. The van der Waals surface area contributed by atoms with Crippen molar-refractivity contribution in [2.24, 2.45) is 5.73 Å². The maximum absolute atomic E-state index is 11.9. The molecule has 1 aromatic heterocycles. The molecule has 0 atom stereocenters. The number of hydrogen-bond donors (Lipinski definition) is 1. The molecule has 2 aromatic carbocycles. The van der Waals surface area contributed by atoms with E-state index >= 15 is 0 Å². The highest BCUT2D eigenvalue weighted by Crippen LogP contribution is 2.26. The summed E-state index contributed by atoms with van der Waals surface area (Å²) in [6.07, 6.45) is 0. The molecular formula is C19H16ClNO4. The van der Waals surface area contributed by atoms with E-state index < -0.39 is 11.5 Å². The van der Waals surface area contributed by atoms with Gasteiger partial charge in [0.25, 0.3) is 5.91 Å². The van der Waals surface area contributed by atoms with Crippen molar-refractivity contribution in [3.63, 3.8) is 0 Å². The minimum atomic E-state index is -0.638. The Hall–Kier alpha value is -2.79. The standard InChI is InChI=1S/C19H16ClNO4/c1-10-3-5-14-12(7-17(22)25-18(14)11(10)2)9-24-16-6-4-13(20)8-15(16)19(21)23/h3-8H,9H2,1-2H3,(H2,21,23). The summed E-state index contributed by atoms with van der Waals surface area (Å²) in [6, 6.07) is 9.86.